The SMILES string of the molecule is CCCNc1cc([N+](=O)[O-])cc(N2CCCC2C)n1. The summed E-state index contributed by atoms with van der Waals surface area (Å²) in [6, 6.07) is 3.47. The first-order valence-electron chi connectivity index (χ1n) is 6.78. The number of aromatic nitrogens is 1. The van der Waals surface area contributed by atoms with Gasteiger partial charge in [0.25, 0.3) is 5.69 Å². The predicted octanol–water partition coefficient (Wildman–Crippen LogP) is 2.80. The lowest BCUT2D eigenvalue weighted by atomic mass is 10.2. The van der Waals surface area contributed by atoms with Crippen LogP contribution in [0.4, 0.5) is 17.3 Å². The fourth-order valence-electron chi connectivity index (χ4n) is 2.37. The van der Waals surface area contributed by atoms with Crippen LogP contribution in [0.1, 0.15) is 33.1 Å². The zero-order chi connectivity index (χ0) is 13.8. The maximum absolute atomic E-state index is 11.0. The van der Waals surface area contributed by atoms with Gasteiger partial charge in [-0.25, -0.2) is 4.98 Å². The molecule has 0 aromatic carbocycles. The molecule has 1 unspecified atom stereocenters. The molecular formula is C13H20N4O2. The highest BCUT2D eigenvalue weighted by Crippen LogP contribution is 2.28. The summed E-state index contributed by atoms with van der Waals surface area (Å²) in [6.45, 7) is 5.87. The van der Waals surface area contributed by atoms with E-state index in [0.29, 0.717) is 17.7 Å². The summed E-state index contributed by atoms with van der Waals surface area (Å²) < 4.78 is 0. The zero-order valence-corrected chi connectivity index (χ0v) is 11.4. The summed E-state index contributed by atoms with van der Waals surface area (Å²) >= 11 is 0. The normalized spacial score (nSPS) is 18.6. The summed E-state index contributed by atoms with van der Waals surface area (Å²) in [5.41, 5.74) is 0.0997. The van der Waals surface area contributed by atoms with Gasteiger partial charge in [-0.3, -0.25) is 10.1 Å². The lowest BCUT2D eigenvalue weighted by Gasteiger charge is -2.22. The van der Waals surface area contributed by atoms with Crippen molar-refractivity contribution in [3.63, 3.8) is 0 Å². The minimum atomic E-state index is -0.358. The van der Waals surface area contributed by atoms with E-state index in [9.17, 15) is 10.1 Å². The van der Waals surface area contributed by atoms with Crippen LogP contribution in [0.5, 0.6) is 0 Å². The van der Waals surface area contributed by atoms with Gasteiger partial charge in [0.2, 0.25) is 0 Å². The Kier molecular flexibility index (Phi) is 4.19. The standard InChI is InChI=1S/C13H20N4O2/c1-3-6-14-12-8-11(17(18)19)9-13(15-12)16-7-4-5-10(16)2/h8-10H,3-7H2,1-2H3,(H,14,15). The molecule has 1 fully saturated rings. The van der Waals surface area contributed by atoms with Gasteiger partial charge < -0.3 is 10.2 Å². The molecule has 1 atom stereocenters. The number of hydrogen-bond acceptors (Lipinski definition) is 5. The number of nitro groups is 1. The summed E-state index contributed by atoms with van der Waals surface area (Å²) in [4.78, 5) is 17.3. The molecule has 1 aromatic rings. The number of nitrogens with zero attached hydrogens (tertiary/aromatic N) is 3. The van der Waals surface area contributed by atoms with E-state index in [4.69, 9.17) is 0 Å². The average Bonchev–Trinajstić information content (AvgIpc) is 2.82. The van der Waals surface area contributed by atoms with Gasteiger partial charge in [-0.2, -0.15) is 0 Å². The number of hydrogen-bond donors (Lipinski definition) is 1. The first kappa shape index (κ1) is 13.6. The molecule has 19 heavy (non-hydrogen) atoms. The third kappa shape index (κ3) is 3.13. The Hall–Kier alpha value is -1.85. The molecule has 0 spiro atoms. The molecule has 6 heteroatoms. The van der Waals surface area contributed by atoms with Crippen molar-refractivity contribution in [2.45, 2.75) is 39.2 Å². The lowest BCUT2D eigenvalue weighted by Crippen LogP contribution is -2.27. The highest BCUT2D eigenvalue weighted by atomic mass is 16.6. The largest absolute Gasteiger partial charge is 0.370 e. The fraction of sp³-hybridized carbons (Fsp3) is 0.615. The van der Waals surface area contributed by atoms with Gasteiger partial charge in [0.05, 0.1) is 17.1 Å². The number of rotatable bonds is 5. The van der Waals surface area contributed by atoms with Gasteiger partial charge >= 0.3 is 0 Å². The minimum Gasteiger partial charge on any atom is -0.370 e. The van der Waals surface area contributed by atoms with E-state index in [0.717, 1.165) is 32.4 Å². The van der Waals surface area contributed by atoms with E-state index in [-0.39, 0.29) is 10.6 Å². The Labute approximate surface area is 113 Å². The maximum atomic E-state index is 11.0. The second kappa shape index (κ2) is 5.86. The number of nitrogens with one attached hydrogen (secondary N) is 1. The number of anilines is 2. The maximum Gasteiger partial charge on any atom is 0.276 e. The third-order valence-electron chi connectivity index (χ3n) is 3.41. The van der Waals surface area contributed by atoms with Gasteiger partial charge in [0.1, 0.15) is 11.6 Å². The van der Waals surface area contributed by atoms with Gasteiger partial charge in [-0.05, 0) is 26.2 Å². The Bertz CT molecular complexity index is 464. The molecular weight excluding hydrogens is 244 g/mol. The van der Waals surface area contributed by atoms with E-state index in [1.165, 1.54) is 6.07 Å². The van der Waals surface area contributed by atoms with Crippen molar-refractivity contribution in [2.24, 2.45) is 0 Å². The van der Waals surface area contributed by atoms with E-state index in [1.807, 2.05) is 6.92 Å². The van der Waals surface area contributed by atoms with Crippen molar-refractivity contribution in [3.05, 3.63) is 22.2 Å². The highest BCUT2D eigenvalue weighted by molar-refractivity contribution is 5.56. The molecule has 1 N–H and O–H groups in total. The summed E-state index contributed by atoms with van der Waals surface area (Å²) in [5.74, 6) is 1.29. The topological polar surface area (TPSA) is 71.3 Å². The monoisotopic (exact) mass is 264 g/mol. The van der Waals surface area contributed by atoms with Crippen molar-refractivity contribution < 1.29 is 4.92 Å². The molecule has 0 saturated carbocycles. The molecule has 0 amide bonds. The molecule has 104 valence electrons. The van der Waals surface area contributed by atoms with Crippen LogP contribution in [0.15, 0.2) is 12.1 Å². The smallest absolute Gasteiger partial charge is 0.276 e. The Balaban J connectivity index is 2.30. The Morgan fingerprint density at radius 3 is 2.95 bits per heavy atom. The molecule has 1 aromatic heterocycles. The van der Waals surface area contributed by atoms with Crippen molar-refractivity contribution >= 4 is 17.3 Å². The zero-order valence-electron chi connectivity index (χ0n) is 11.4. The molecule has 2 heterocycles. The fourth-order valence-corrected chi connectivity index (χ4v) is 2.37. The first-order valence-corrected chi connectivity index (χ1v) is 6.78. The lowest BCUT2D eigenvalue weighted by molar-refractivity contribution is -0.384. The number of pyridine rings is 1. The van der Waals surface area contributed by atoms with E-state index < -0.39 is 0 Å². The van der Waals surface area contributed by atoms with Crippen molar-refractivity contribution in [1.82, 2.24) is 4.98 Å². The van der Waals surface area contributed by atoms with Crippen LogP contribution in [0.3, 0.4) is 0 Å². The van der Waals surface area contributed by atoms with Crippen LogP contribution in [0, 0.1) is 10.1 Å². The molecule has 0 bridgehead atoms. The van der Waals surface area contributed by atoms with Crippen molar-refractivity contribution in [3.8, 4) is 0 Å². The molecule has 1 aliphatic heterocycles. The second-order valence-corrected chi connectivity index (χ2v) is 4.94. The van der Waals surface area contributed by atoms with E-state index in [1.54, 1.807) is 6.07 Å². The van der Waals surface area contributed by atoms with Gasteiger partial charge in [-0.15, -0.1) is 0 Å². The van der Waals surface area contributed by atoms with Crippen LogP contribution in [-0.4, -0.2) is 29.0 Å². The Morgan fingerprint density at radius 2 is 2.37 bits per heavy atom. The minimum absolute atomic E-state index is 0.0997. The van der Waals surface area contributed by atoms with Gasteiger partial charge in [-0.1, -0.05) is 6.92 Å². The predicted molar refractivity (Wildman–Crippen MR) is 75.7 cm³/mol. The highest BCUT2D eigenvalue weighted by Gasteiger charge is 2.24. The molecule has 0 aliphatic carbocycles. The van der Waals surface area contributed by atoms with Crippen LogP contribution in [-0.2, 0) is 0 Å². The Morgan fingerprint density at radius 1 is 1.58 bits per heavy atom. The van der Waals surface area contributed by atoms with Gasteiger partial charge in [0.15, 0.2) is 0 Å². The molecule has 1 saturated heterocycles. The van der Waals surface area contributed by atoms with E-state index in [2.05, 4.69) is 22.1 Å². The quantitative estimate of drug-likeness (QED) is 0.654. The van der Waals surface area contributed by atoms with Crippen LogP contribution in [0.25, 0.3) is 0 Å². The second-order valence-electron chi connectivity index (χ2n) is 4.94. The molecule has 1 aliphatic rings. The van der Waals surface area contributed by atoms with Crippen LogP contribution in [0.2, 0.25) is 0 Å². The van der Waals surface area contributed by atoms with Crippen molar-refractivity contribution in [1.29, 1.82) is 0 Å². The average molecular weight is 264 g/mol. The first-order chi connectivity index (χ1) is 9.11. The van der Waals surface area contributed by atoms with E-state index >= 15 is 0 Å². The molecule has 0 radical (unpaired) electrons. The summed E-state index contributed by atoms with van der Waals surface area (Å²) in [5, 5.41) is 14.1. The summed E-state index contributed by atoms with van der Waals surface area (Å²) in [7, 11) is 0. The van der Waals surface area contributed by atoms with Crippen LogP contribution < -0.4 is 10.2 Å². The van der Waals surface area contributed by atoms with Crippen molar-refractivity contribution in [2.75, 3.05) is 23.3 Å². The molecule has 6 nitrogen and oxygen atoms in total. The summed E-state index contributed by atoms with van der Waals surface area (Å²) in [6.07, 6.45) is 3.19. The molecule has 2 rings (SSSR count). The van der Waals surface area contributed by atoms with Crippen LogP contribution >= 0.6 is 0 Å². The third-order valence-corrected chi connectivity index (χ3v) is 3.41. The van der Waals surface area contributed by atoms with Gasteiger partial charge in [0, 0.05) is 19.1 Å².